The third-order valence-electron chi connectivity index (χ3n) is 0.990. The first-order chi connectivity index (χ1) is 4.81. The molecule has 0 aromatic carbocycles. The minimum absolute atomic E-state index is 0.286. The standard InChI is InChI=1S/C6H12O2.C2H6/c1-2-3-6(8)4-5-7;1-2/h5-6,8H,2-4H2,1H3;1-2H3. The van der Waals surface area contributed by atoms with Crippen LogP contribution in [-0.2, 0) is 4.79 Å². The van der Waals surface area contributed by atoms with E-state index in [2.05, 4.69) is 0 Å². The molecule has 0 fully saturated rings. The predicted octanol–water partition coefficient (Wildman–Crippen LogP) is 1.76. The van der Waals surface area contributed by atoms with Crippen molar-refractivity contribution >= 4 is 6.29 Å². The van der Waals surface area contributed by atoms with Crippen LogP contribution in [-0.4, -0.2) is 17.5 Å². The van der Waals surface area contributed by atoms with Crippen molar-refractivity contribution in [2.75, 3.05) is 0 Å². The lowest BCUT2D eigenvalue weighted by molar-refractivity contribution is -0.109. The monoisotopic (exact) mass is 146 g/mol. The second kappa shape index (κ2) is 11.4. The average molecular weight is 146 g/mol. The van der Waals surface area contributed by atoms with E-state index >= 15 is 0 Å². The van der Waals surface area contributed by atoms with Gasteiger partial charge in [0.2, 0.25) is 0 Å². The highest BCUT2D eigenvalue weighted by Gasteiger charge is 1.98. The van der Waals surface area contributed by atoms with Gasteiger partial charge < -0.3 is 9.90 Å². The third kappa shape index (κ3) is 10.6. The van der Waals surface area contributed by atoms with Crippen LogP contribution in [0, 0.1) is 0 Å². The lowest BCUT2D eigenvalue weighted by atomic mass is 10.2. The molecule has 0 saturated carbocycles. The molecular formula is C8H18O2. The van der Waals surface area contributed by atoms with Gasteiger partial charge in [-0.1, -0.05) is 27.2 Å². The molecule has 1 N–H and O–H groups in total. The van der Waals surface area contributed by atoms with E-state index in [4.69, 9.17) is 5.11 Å². The van der Waals surface area contributed by atoms with Gasteiger partial charge in [0.05, 0.1) is 6.10 Å². The van der Waals surface area contributed by atoms with Crippen molar-refractivity contribution in [3.05, 3.63) is 0 Å². The van der Waals surface area contributed by atoms with Crippen LogP contribution in [0.5, 0.6) is 0 Å². The summed E-state index contributed by atoms with van der Waals surface area (Å²) in [5.74, 6) is 0. The fourth-order valence-corrected chi connectivity index (χ4v) is 0.562. The second-order valence-electron chi connectivity index (χ2n) is 1.84. The van der Waals surface area contributed by atoms with Crippen LogP contribution >= 0.6 is 0 Å². The lowest BCUT2D eigenvalue weighted by Crippen LogP contribution is -2.05. The van der Waals surface area contributed by atoms with E-state index in [9.17, 15) is 4.79 Å². The zero-order chi connectivity index (χ0) is 8.41. The smallest absolute Gasteiger partial charge is 0.122 e. The number of carbonyl (C=O) groups is 1. The summed E-state index contributed by atoms with van der Waals surface area (Å²) in [6, 6.07) is 0. The summed E-state index contributed by atoms with van der Waals surface area (Å²) in [7, 11) is 0. The maximum absolute atomic E-state index is 9.73. The van der Waals surface area contributed by atoms with Crippen LogP contribution in [0.4, 0.5) is 0 Å². The summed E-state index contributed by atoms with van der Waals surface area (Å²) in [6.07, 6.45) is 2.31. The Labute approximate surface area is 63.3 Å². The molecule has 0 radical (unpaired) electrons. The number of aliphatic hydroxyl groups excluding tert-OH is 1. The van der Waals surface area contributed by atoms with Crippen molar-refractivity contribution in [1.82, 2.24) is 0 Å². The largest absolute Gasteiger partial charge is 0.393 e. The predicted molar refractivity (Wildman–Crippen MR) is 42.9 cm³/mol. The normalized spacial score (nSPS) is 11.2. The second-order valence-corrected chi connectivity index (χ2v) is 1.84. The van der Waals surface area contributed by atoms with Gasteiger partial charge in [-0.25, -0.2) is 0 Å². The minimum Gasteiger partial charge on any atom is -0.393 e. The molecule has 0 aliphatic rings. The molecule has 0 heterocycles. The SMILES string of the molecule is CC.CCCC(O)CC=O. The van der Waals surface area contributed by atoms with E-state index in [0.717, 1.165) is 19.1 Å². The van der Waals surface area contributed by atoms with Crippen LogP contribution in [0.1, 0.15) is 40.0 Å². The Morgan fingerprint density at radius 2 is 2.00 bits per heavy atom. The quantitative estimate of drug-likeness (QED) is 0.614. The van der Waals surface area contributed by atoms with Crippen molar-refractivity contribution in [3.63, 3.8) is 0 Å². The van der Waals surface area contributed by atoms with Crippen LogP contribution in [0.3, 0.4) is 0 Å². The van der Waals surface area contributed by atoms with Crippen LogP contribution < -0.4 is 0 Å². The molecule has 62 valence electrons. The fourth-order valence-electron chi connectivity index (χ4n) is 0.562. The molecule has 0 bridgehead atoms. The first kappa shape index (κ1) is 12.3. The van der Waals surface area contributed by atoms with Crippen molar-refractivity contribution < 1.29 is 9.90 Å². The van der Waals surface area contributed by atoms with Gasteiger partial charge in [-0.3, -0.25) is 0 Å². The number of hydrogen-bond acceptors (Lipinski definition) is 2. The van der Waals surface area contributed by atoms with E-state index in [0.29, 0.717) is 0 Å². The highest BCUT2D eigenvalue weighted by molar-refractivity contribution is 5.49. The van der Waals surface area contributed by atoms with E-state index in [-0.39, 0.29) is 6.42 Å². The fraction of sp³-hybridized carbons (Fsp3) is 0.875. The Bertz CT molecular complexity index is 62.3. The molecule has 0 aromatic rings. The molecule has 2 nitrogen and oxygen atoms in total. The van der Waals surface area contributed by atoms with Crippen LogP contribution in [0.25, 0.3) is 0 Å². The first-order valence-corrected chi connectivity index (χ1v) is 3.93. The molecule has 10 heavy (non-hydrogen) atoms. The van der Waals surface area contributed by atoms with E-state index in [1.807, 2.05) is 20.8 Å². The Balaban J connectivity index is 0. The molecule has 0 aromatic heterocycles. The summed E-state index contributed by atoms with van der Waals surface area (Å²) in [6.45, 7) is 5.98. The summed E-state index contributed by atoms with van der Waals surface area (Å²) < 4.78 is 0. The maximum Gasteiger partial charge on any atom is 0.122 e. The molecule has 0 aliphatic heterocycles. The molecule has 0 rings (SSSR count). The van der Waals surface area contributed by atoms with E-state index in [1.54, 1.807) is 0 Å². The number of carbonyl (C=O) groups excluding carboxylic acids is 1. The van der Waals surface area contributed by atoms with E-state index in [1.165, 1.54) is 0 Å². The number of rotatable bonds is 4. The van der Waals surface area contributed by atoms with Gasteiger partial charge in [0.15, 0.2) is 0 Å². The number of hydrogen-bond donors (Lipinski definition) is 1. The highest BCUT2D eigenvalue weighted by atomic mass is 16.3. The zero-order valence-corrected chi connectivity index (χ0v) is 7.13. The third-order valence-corrected chi connectivity index (χ3v) is 0.990. The van der Waals surface area contributed by atoms with Gasteiger partial charge in [-0.05, 0) is 6.42 Å². The van der Waals surface area contributed by atoms with Gasteiger partial charge in [0, 0.05) is 6.42 Å². The number of aliphatic hydroxyl groups is 1. The summed E-state index contributed by atoms with van der Waals surface area (Å²) in [5.41, 5.74) is 0. The van der Waals surface area contributed by atoms with Crippen molar-refractivity contribution in [3.8, 4) is 0 Å². The summed E-state index contributed by atoms with van der Waals surface area (Å²) >= 11 is 0. The maximum atomic E-state index is 9.73. The molecule has 0 aliphatic carbocycles. The van der Waals surface area contributed by atoms with Crippen molar-refractivity contribution in [2.45, 2.75) is 46.1 Å². The number of aldehydes is 1. The van der Waals surface area contributed by atoms with Gasteiger partial charge >= 0.3 is 0 Å². The molecule has 0 amide bonds. The minimum atomic E-state index is -0.405. The molecule has 0 spiro atoms. The summed E-state index contributed by atoms with van der Waals surface area (Å²) in [5, 5.41) is 8.82. The van der Waals surface area contributed by atoms with Crippen LogP contribution in [0.2, 0.25) is 0 Å². The first-order valence-electron chi connectivity index (χ1n) is 3.93. The molecule has 2 heteroatoms. The Hall–Kier alpha value is -0.370. The molecule has 1 unspecified atom stereocenters. The zero-order valence-electron chi connectivity index (χ0n) is 7.13. The molecular weight excluding hydrogens is 128 g/mol. The Kier molecular flexibility index (Phi) is 14.1. The molecule has 0 saturated heterocycles. The summed E-state index contributed by atoms with van der Waals surface area (Å²) in [4.78, 5) is 9.73. The average Bonchev–Trinajstić information content (AvgIpc) is 1.93. The van der Waals surface area contributed by atoms with E-state index < -0.39 is 6.10 Å². The van der Waals surface area contributed by atoms with Gasteiger partial charge in [-0.2, -0.15) is 0 Å². The molecule has 1 atom stereocenters. The topological polar surface area (TPSA) is 37.3 Å². The van der Waals surface area contributed by atoms with Gasteiger partial charge in [-0.15, -0.1) is 0 Å². The van der Waals surface area contributed by atoms with Crippen LogP contribution in [0.15, 0.2) is 0 Å². The van der Waals surface area contributed by atoms with Gasteiger partial charge in [0.25, 0.3) is 0 Å². The highest BCUT2D eigenvalue weighted by Crippen LogP contribution is 1.97. The Morgan fingerprint density at radius 1 is 1.50 bits per heavy atom. The van der Waals surface area contributed by atoms with Crippen molar-refractivity contribution in [1.29, 1.82) is 0 Å². The van der Waals surface area contributed by atoms with Crippen molar-refractivity contribution in [2.24, 2.45) is 0 Å². The lowest BCUT2D eigenvalue weighted by Gasteiger charge is -2.01. The van der Waals surface area contributed by atoms with Gasteiger partial charge in [0.1, 0.15) is 6.29 Å². The Morgan fingerprint density at radius 3 is 2.30 bits per heavy atom.